The summed E-state index contributed by atoms with van der Waals surface area (Å²) in [7, 11) is 0. The molecule has 0 fully saturated rings. The van der Waals surface area contributed by atoms with Gasteiger partial charge in [0.2, 0.25) is 0 Å². The maximum Gasteiger partial charge on any atom is 0.143 e. The van der Waals surface area contributed by atoms with Crippen LogP contribution in [0.5, 0.6) is 0 Å². The van der Waals surface area contributed by atoms with Gasteiger partial charge in [0.05, 0.1) is 17.3 Å². The van der Waals surface area contributed by atoms with Crippen molar-refractivity contribution >= 4 is 52.6 Å². The summed E-state index contributed by atoms with van der Waals surface area (Å²) in [4.78, 5) is 37.7. The van der Waals surface area contributed by atoms with Crippen LogP contribution in [0.4, 0.5) is 0 Å². The van der Waals surface area contributed by atoms with Crippen LogP contribution in [0.2, 0.25) is 0 Å². The largest absolute Gasteiger partial charge is 0.299 e. The van der Waals surface area contributed by atoms with Crippen LogP contribution in [0.3, 0.4) is 0 Å². The molecule has 0 aliphatic rings. The van der Waals surface area contributed by atoms with E-state index in [-0.39, 0.29) is 17.3 Å². The standard InChI is InChI=1S/C21H38O3S3/c1-8-21(9-18(22)12-25-15(2)3,10-19(23)13-26-16(4)5)11-20(24)14-27-17(6)7/h15-17H,8-14H2,1-7H3. The predicted octanol–water partition coefficient (Wildman–Crippen LogP) is 5.69. The Bertz CT molecular complexity index is 409. The maximum atomic E-state index is 12.6. The highest BCUT2D eigenvalue weighted by Crippen LogP contribution is 2.37. The Morgan fingerprint density at radius 3 is 1.07 bits per heavy atom. The van der Waals surface area contributed by atoms with Crippen molar-refractivity contribution in [3.63, 3.8) is 0 Å². The molecule has 0 unspecified atom stereocenters. The molecule has 0 aliphatic carbocycles. The van der Waals surface area contributed by atoms with Gasteiger partial charge in [-0.3, -0.25) is 14.4 Å². The average Bonchev–Trinajstić information content (AvgIpc) is 2.56. The molecule has 0 radical (unpaired) electrons. The van der Waals surface area contributed by atoms with Gasteiger partial charge in [-0.2, -0.15) is 35.3 Å². The average molecular weight is 435 g/mol. The lowest BCUT2D eigenvalue weighted by atomic mass is 9.73. The van der Waals surface area contributed by atoms with E-state index in [0.29, 0.717) is 58.7 Å². The molecule has 0 bridgehead atoms. The zero-order valence-corrected chi connectivity index (χ0v) is 20.6. The fraction of sp³-hybridized carbons (Fsp3) is 0.857. The van der Waals surface area contributed by atoms with Crippen LogP contribution in [0.15, 0.2) is 0 Å². The Balaban J connectivity index is 5.13. The number of carbonyl (C=O) groups excluding carboxylic acids is 3. The van der Waals surface area contributed by atoms with E-state index in [1.165, 1.54) is 0 Å². The van der Waals surface area contributed by atoms with Gasteiger partial charge < -0.3 is 0 Å². The molecule has 158 valence electrons. The Labute approximate surface area is 179 Å². The zero-order valence-electron chi connectivity index (χ0n) is 18.1. The zero-order chi connectivity index (χ0) is 21.0. The molecule has 3 nitrogen and oxygen atoms in total. The van der Waals surface area contributed by atoms with E-state index in [1.807, 2.05) is 6.92 Å². The van der Waals surface area contributed by atoms with Crippen LogP contribution in [-0.4, -0.2) is 50.4 Å². The number of hydrogen-bond acceptors (Lipinski definition) is 6. The molecule has 0 aromatic carbocycles. The summed E-state index contributed by atoms with van der Waals surface area (Å²) in [5.74, 6) is 1.85. The van der Waals surface area contributed by atoms with Crippen molar-refractivity contribution < 1.29 is 14.4 Å². The van der Waals surface area contributed by atoms with Gasteiger partial charge in [0.15, 0.2) is 0 Å². The number of ketones is 3. The minimum atomic E-state index is -0.516. The summed E-state index contributed by atoms with van der Waals surface area (Å²) in [5, 5.41) is 1.20. The van der Waals surface area contributed by atoms with Gasteiger partial charge in [0.1, 0.15) is 17.3 Å². The Hall–Kier alpha value is 0.0600. The molecular weight excluding hydrogens is 396 g/mol. The van der Waals surface area contributed by atoms with Gasteiger partial charge in [-0.15, -0.1) is 0 Å². The molecule has 0 aliphatic heterocycles. The number of thioether (sulfide) groups is 3. The fourth-order valence-corrected chi connectivity index (χ4v) is 4.61. The number of hydrogen-bond donors (Lipinski definition) is 0. The summed E-state index contributed by atoms with van der Waals surface area (Å²) in [6.07, 6.45) is 1.68. The Kier molecular flexibility index (Phi) is 14.1. The second-order valence-electron chi connectivity index (χ2n) is 8.08. The molecule has 0 N–H and O–H groups in total. The van der Waals surface area contributed by atoms with Gasteiger partial charge in [0.25, 0.3) is 0 Å². The highest BCUT2D eigenvalue weighted by atomic mass is 32.2. The van der Waals surface area contributed by atoms with Crippen molar-refractivity contribution in [2.24, 2.45) is 5.41 Å². The molecule has 6 heteroatoms. The molecule has 0 atom stereocenters. The van der Waals surface area contributed by atoms with Crippen molar-refractivity contribution in [2.45, 2.75) is 89.9 Å². The van der Waals surface area contributed by atoms with Crippen molar-refractivity contribution in [1.29, 1.82) is 0 Å². The highest BCUT2D eigenvalue weighted by molar-refractivity contribution is 8.00. The van der Waals surface area contributed by atoms with Crippen molar-refractivity contribution in [1.82, 2.24) is 0 Å². The first-order chi connectivity index (χ1) is 12.5. The second kappa shape index (κ2) is 14.1. The van der Waals surface area contributed by atoms with Gasteiger partial charge in [-0.25, -0.2) is 0 Å². The fourth-order valence-electron chi connectivity index (χ4n) is 2.75. The first-order valence-electron chi connectivity index (χ1n) is 9.89. The van der Waals surface area contributed by atoms with E-state index < -0.39 is 5.41 Å². The van der Waals surface area contributed by atoms with Crippen molar-refractivity contribution in [3.05, 3.63) is 0 Å². The second-order valence-corrected chi connectivity index (χ2v) is 12.8. The van der Waals surface area contributed by atoms with E-state index in [9.17, 15) is 14.4 Å². The molecule has 27 heavy (non-hydrogen) atoms. The number of carbonyl (C=O) groups is 3. The van der Waals surface area contributed by atoms with Crippen molar-refractivity contribution in [2.75, 3.05) is 17.3 Å². The molecular formula is C21H38O3S3. The summed E-state index contributed by atoms with van der Waals surface area (Å²) < 4.78 is 0. The van der Waals surface area contributed by atoms with Crippen molar-refractivity contribution in [3.8, 4) is 0 Å². The van der Waals surface area contributed by atoms with Crippen LogP contribution < -0.4 is 0 Å². The van der Waals surface area contributed by atoms with Gasteiger partial charge in [-0.1, -0.05) is 48.5 Å². The Morgan fingerprint density at radius 1 is 0.630 bits per heavy atom. The molecule has 0 aromatic heterocycles. The van der Waals surface area contributed by atoms with Gasteiger partial charge >= 0.3 is 0 Å². The van der Waals surface area contributed by atoms with E-state index in [1.54, 1.807) is 35.3 Å². The lowest BCUT2D eigenvalue weighted by molar-refractivity contribution is -0.125. The van der Waals surface area contributed by atoms with Crippen LogP contribution >= 0.6 is 35.3 Å². The van der Waals surface area contributed by atoms with E-state index >= 15 is 0 Å². The molecule has 0 rings (SSSR count). The van der Waals surface area contributed by atoms with Gasteiger partial charge in [0, 0.05) is 19.3 Å². The third-order valence-corrected chi connectivity index (χ3v) is 7.67. The minimum Gasteiger partial charge on any atom is -0.299 e. The molecule has 0 saturated heterocycles. The summed E-state index contributed by atoms with van der Waals surface area (Å²) in [6.45, 7) is 14.5. The first kappa shape index (κ1) is 27.1. The molecule has 0 heterocycles. The quantitative estimate of drug-likeness (QED) is 0.311. The smallest absolute Gasteiger partial charge is 0.143 e. The summed E-state index contributed by atoms with van der Waals surface area (Å²) in [5.41, 5.74) is -0.516. The van der Waals surface area contributed by atoms with Crippen LogP contribution in [-0.2, 0) is 14.4 Å². The SMILES string of the molecule is CCC(CC(=O)CSC(C)C)(CC(=O)CSC(C)C)CC(=O)CSC(C)C. The molecule has 0 saturated carbocycles. The molecule has 0 spiro atoms. The molecule has 0 amide bonds. The maximum absolute atomic E-state index is 12.6. The summed E-state index contributed by atoms with van der Waals surface area (Å²) in [6, 6.07) is 0. The third-order valence-electron chi connectivity index (χ3n) is 4.20. The Morgan fingerprint density at radius 2 is 0.889 bits per heavy atom. The lowest BCUT2D eigenvalue weighted by Gasteiger charge is -2.31. The summed E-state index contributed by atoms with van der Waals surface area (Å²) >= 11 is 4.89. The van der Waals surface area contributed by atoms with E-state index in [2.05, 4.69) is 41.5 Å². The normalized spacial score (nSPS) is 12.2. The third kappa shape index (κ3) is 13.8. The number of rotatable bonds is 16. The monoisotopic (exact) mass is 434 g/mol. The predicted molar refractivity (Wildman–Crippen MR) is 124 cm³/mol. The van der Waals surface area contributed by atoms with Gasteiger partial charge in [-0.05, 0) is 27.6 Å². The van der Waals surface area contributed by atoms with Crippen LogP contribution in [0.25, 0.3) is 0 Å². The number of Topliss-reactive ketones (excluding diaryl/α,β-unsaturated/α-hetero) is 3. The van der Waals surface area contributed by atoms with Crippen LogP contribution in [0.1, 0.15) is 74.1 Å². The topological polar surface area (TPSA) is 51.2 Å². The van der Waals surface area contributed by atoms with Crippen LogP contribution in [0, 0.1) is 5.41 Å². The highest BCUT2D eigenvalue weighted by Gasteiger charge is 2.35. The van der Waals surface area contributed by atoms with E-state index in [4.69, 9.17) is 0 Å². The van der Waals surface area contributed by atoms with E-state index in [0.717, 1.165) is 0 Å². The minimum absolute atomic E-state index is 0.157. The molecule has 0 aromatic rings. The first-order valence-corrected chi connectivity index (χ1v) is 13.0. The lowest BCUT2D eigenvalue weighted by Crippen LogP contribution is -2.32.